The molecule has 5 rings (SSSR count). The zero-order chi connectivity index (χ0) is 15.9. The van der Waals surface area contributed by atoms with Crippen LogP contribution in [0, 0.1) is 0 Å². The molecule has 0 amide bonds. The number of aromatic nitrogens is 4. The van der Waals surface area contributed by atoms with Crippen molar-refractivity contribution >= 4 is 28.6 Å². The van der Waals surface area contributed by atoms with Gasteiger partial charge in [0.25, 0.3) is 6.01 Å². The normalized spacial score (nSPS) is 15.5. The summed E-state index contributed by atoms with van der Waals surface area (Å²) in [6.07, 6.45) is 7.47. The lowest BCUT2D eigenvalue weighted by Crippen LogP contribution is -2.47. The third-order valence-electron chi connectivity index (χ3n) is 4.43. The van der Waals surface area contributed by atoms with Crippen molar-refractivity contribution in [3.05, 3.63) is 49.1 Å². The molecule has 0 N–H and O–H groups in total. The second-order valence-electron chi connectivity index (χ2n) is 5.85. The van der Waals surface area contributed by atoms with E-state index in [2.05, 4.69) is 24.8 Å². The Balaban J connectivity index is 1.38. The number of fused-ring (bicyclic) bond motifs is 2. The molecule has 120 valence electrons. The largest absolute Gasteiger partial charge is 0.423 e. The van der Waals surface area contributed by atoms with Gasteiger partial charge in [0, 0.05) is 51.0 Å². The Morgan fingerprint density at radius 1 is 0.875 bits per heavy atom. The predicted octanol–water partition coefficient (Wildman–Crippen LogP) is 2.20. The van der Waals surface area contributed by atoms with E-state index in [0.29, 0.717) is 6.01 Å². The summed E-state index contributed by atoms with van der Waals surface area (Å²) in [7, 11) is 0. The van der Waals surface area contributed by atoms with Gasteiger partial charge in [0.05, 0.1) is 0 Å². The van der Waals surface area contributed by atoms with Crippen molar-refractivity contribution in [1.29, 1.82) is 0 Å². The zero-order valence-corrected chi connectivity index (χ0v) is 13.0. The minimum absolute atomic E-state index is 0.697. The van der Waals surface area contributed by atoms with Gasteiger partial charge in [-0.25, -0.2) is 9.97 Å². The van der Waals surface area contributed by atoms with Crippen molar-refractivity contribution < 1.29 is 4.42 Å². The standard InChI is InChI=1S/C17H16N6O/c1-2-4-14-13(3-1)20-17(24-14)23-11-9-22(10-12-23)16-15-18-5-7-21(15)8-6-19-16/h1-8H,9-12H2. The predicted molar refractivity (Wildman–Crippen MR) is 91.4 cm³/mol. The molecule has 1 saturated heterocycles. The molecule has 1 aliphatic rings. The van der Waals surface area contributed by atoms with E-state index < -0.39 is 0 Å². The van der Waals surface area contributed by atoms with Crippen LogP contribution in [0.2, 0.25) is 0 Å². The quantitative estimate of drug-likeness (QED) is 0.564. The average Bonchev–Trinajstić information content (AvgIpc) is 3.28. The van der Waals surface area contributed by atoms with Crippen LogP contribution in [0.15, 0.2) is 53.5 Å². The molecule has 0 aliphatic carbocycles. The van der Waals surface area contributed by atoms with Gasteiger partial charge in [0.2, 0.25) is 0 Å². The third-order valence-corrected chi connectivity index (χ3v) is 4.43. The maximum Gasteiger partial charge on any atom is 0.298 e. The van der Waals surface area contributed by atoms with E-state index in [1.165, 1.54) is 0 Å². The molecule has 0 atom stereocenters. The van der Waals surface area contributed by atoms with Gasteiger partial charge in [-0.05, 0) is 12.1 Å². The van der Waals surface area contributed by atoms with Crippen LogP contribution >= 0.6 is 0 Å². The number of nitrogens with zero attached hydrogens (tertiary/aromatic N) is 6. The van der Waals surface area contributed by atoms with Gasteiger partial charge >= 0.3 is 0 Å². The number of anilines is 2. The van der Waals surface area contributed by atoms with Crippen LogP contribution in [0.3, 0.4) is 0 Å². The minimum Gasteiger partial charge on any atom is -0.423 e. The van der Waals surface area contributed by atoms with E-state index >= 15 is 0 Å². The Bertz CT molecular complexity index is 965. The van der Waals surface area contributed by atoms with Gasteiger partial charge < -0.3 is 18.6 Å². The summed E-state index contributed by atoms with van der Waals surface area (Å²) in [6, 6.07) is 8.56. The molecule has 4 aromatic rings. The molecule has 1 aromatic carbocycles. The van der Waals surface area contributed by atoms with Crippen molar-refractivity contribution in [3.63, 3.8) is 0 Å². The average molecular weight is 320 g/mol. The number of hydrogen-bond donors (Lipinski definition) is 0. The number of piperazine rings is 1. The molecular weight excluding hydrogens is 304 g/mol. The molecule has 1 fully saturated rings. The third kappa shape index (κ3) is 2.09. The highest BCUT2D eigenvalue weighted by Gasteiger charge is 2.23. The Labute approximate surface area is 138 Å². The van der Waals surface area contributed by atoms with Crippen molar-refractivity contribution in [2.24, 2.45) is 0 Å². The molecule has 7 heteroatoms. The fourth-order valence-electron chi connectivity index (χ4n) is 3.17. The van der Waals surface area contributed by atoms with Crippen molar-refractivity contribution in [2.45, 2.75) is 0 Å². The summed E-state index contributed by atoms with van der Waals surface area (Å²) in [4.78, 5) is 18.0. The van der Waals surface area contributed by atoms with E-state index in [9.17, 15) is 0 Å². The number of para-hydroxylation sites is 2. The molecule has 3 aromatic heterocycles. The maximum absolute atomic E-state index is 5.87. The first kappa shape index (κ1) is 13.4. The van der Waals surface area contributed by atoms with Crippen molar-refractivity contribution in [3.8, 4) is 0 Å². The minimum atomic E-state index is 0.697. The number of oxazole rings is 1. The van der Waals surface area contributed by atoms with Crippen molar-refractivity contribution in [1.82, 2.24) is 19.4 Å². The first-order chi connectivity index (χ1) is 11.9. The second-order valence-corrected chi connectivity index (χ2v) is 5.85. The summed E-state index contributed by atoms with van der Waals surface area (Å²) < 4.78 is 7.87. The fourth-order valence-corrected chi connectivity index (χ4v) is 3.17. The lowest BCUT2D eigenvalue weighted by molar-refractivity contribution is 0.540. The number of benzene rings is 1. The topological polar surface area (TPSA) is 62.7 Å². The van der Waals surface area contributed by atoms with E-state index in [1.54, 1.807) is 6.20 Å². The van der Waals surface area contributed by atoms with Crippen LogP contribution in [0.5, 0.6) is 0 Å². The second kappa shape index (κ2) is 5.23. The fraction of sp³-hybridized carbons (Fsp3) is 0.235. The molecule has 0 radical (unpaired) electrons. The van der Waals surface area contributed by atoms with E-state index in [4.69, 9.17) is 4.42 Å². The first-order valence-corrected chi connectivity index (χ1v) is 8.02. The lowest BCUT2D eigenvalue weighted by Gasteiger charge is -2.34. The van der Waals surface area contributed by atoms with Gasteiger partial charge in [-0.2, -0.15) is 4.98 Å². The summed E-state index contributed by atoms with van der Waals surface area (Å²) >= 11 is 0. The van der Waals surface area contributed by atoms with Crippen LogP contribution in [-0.4, -0.2) is 45.5 Å². The van der Waals surface area contributed by atoms with Crippen LogP contribution in [0.1, 0.15) is 0 Å². The number of rotatable bonds is 2. The van der Waals surface area contributed by atoms with Crippen LogP contribution in [0.4, 0.5) is 11.8 Å². The monoisotopic (exact) mass is 320 g/mol. The molecule has 0 bridgehead atoms. The van der Waals surface area contributed by atoms with Gasteiger partial charge in [-0.3, -0.25) is 0 Å². The number of imidazole rings is 1. The highest BCUT2D eigenvalue weighted by molar-refractivity contribution is 5.74. The van der Waals surface area contributed by atoms with E-state index in [-0.39, 0.29) is 0 Å². The van der Waals surface area contributed by atoms with E-state index in [1.807, 2.05) is 47.3 Å². The Kier molecular flexibility index (Phi) is 2.91. The van der Waals surface area contributed by atoms with Crippen LogP contribution < -0.4 is 9.80 Å². The molecule has 4 heterocycles. The molecule has 0 saturated carbocycles. The SMILES string of the molecule is c1ccc2oc(N3CCN(c4nccn5ccnc45)CC3)nc2c1. The summed E-state index contributed by atoms with van der Waals surface area (Å²) in [5, 5.41) is 0. The molecule has 0 spiro atoms. The summed E-state index contributed by atoms with van der Waals surface area (Å²) in [5.74, 6) is 0.930. The highest BCUT2D eigenvalue weighted by Crippen LogP contribution is 2.24. The van der Waals surface area contributed by atoms with Gasteiger partial charge in [0.1, 0.15) is 5.52 Å². The molecule has 24 heavy (non-hydrogen) atoms. The maximum atomic E-state index is 5.87. The molecule has 1 aliphatic heterocycles. The summed E-state index contributed by atoms with van der Waals surface area (Å²) in [5.41, 5.74) is 2.63. The zero-order valence-electron chi connectivity index (χ0n) is 13.0. The van der Waals surface area contributed by atoms with Gasteiger partial charge in [-0.1, -0.05) is 12.1 Å². The van der Waals surface area contributed by atoms with Gasteiger partial charge in [0.15, 0.2) is 17.0 Å². The summed E-state index contributed by atoms with van der Waals surface area (Å²) in [6.45, 7) is 3.41. The number of hydrogen-bond acceptors (Lipinski definition) is 6. The van der Waals surface area contributed by atoms with Crippen LogP contribution in [-0.2, 0) is 0 Å². The molecule has 0 unspecified atom stereocenters. The Hall–Kier alpha value is -3.09. The lowest BCUT2D eigenvalue weighted by atomic mass is 10.3. The van der Waals surface area contributed by atoms with E-state index in [0.717, 1.165) is 48.7 Å². The molecule has 7 nitrogen and oxygen atoms in total. The Morgan fingerprint density at radius 2 is 1.62 bits per heavy atom. The smallest absolute Gasteiger partial charge is 0.298 e. The van der Waals surface area contributed by atoms with Gasteiger partial charge in [-0.15, -0.1) is 0 Å². The molecular formula is C17H16N6O. The highest BCUT2D eigenvalue weighted by atomic mass is 16.4. The van der Waals surface area contributed by atoms with Crippen LogP contribution in [0.25, 0.3) is 16.7 Å². The Morgan fingerprint density at radius 3 is 2.46 bits per heavy atom. The first-order valence-electron chi connectivity index (χ1n) is 8.02. The van der Waals surface area contributed by atoms with Crippen molar-refractivity contribution in [2.75, 3.05) is 36.0 Å².